The van der Waals surface area contributed by atoms with Crippen molar-refractivity contribution in [2.24, 2.45) is 10.8 Å². The molecule has 0 radical (unpaired) electrons. The molecule has 7 nitrogen and oxygen atoms in total. The number of benzene rings is 2. The Kier molecular flexibility index (Phi) is 4.78. The van der Waals surface area contributed by atoms with Crippen LogP contribution in [0.2, 0.25) is 0 Å². The van der Waals surface area contributed by atoms with Gasteiger partial charge >= 0.3 is 0 Å². The molecular formula is C23H17BrN4O3. The van der Waals surface area contributed by atoms with Crippen LogP contribution in [0.15, 0.2) is 53.0 Å². The quantitative estimate of drug-likeness (QED) is 0.691. The fourth-order valence-corrected chi connectivity index (χ4v) is 5.24. The van der Waals surface area contributed by atoms with Crippen LogP contribution >= 0.6 is 15.9 Å². The largest absolute Gasteiger partial charge is 0.497 e. The fourth-order valence-electron chi connectivity index (χ4n) is 4.75. The summed E-state index contributed by atoms with van der Waals surface area (Å²) in [7, 11) is 1.54. The number of ether oxygens (including phenoxy) is 3. The van der Waals surface area contributed by atoms with Crippen molar-refractivity contribution < 1.29 is 14.2 Å². The summed E-state index contributed by atoms with van der Waals surface area (Å²) in [5.74, 6) is -2.17. The van der Waals surface area contributed by atoms with E-state index in [-0.39, 0.29) is 0 Å². The van der Waals surface area contributed by atoms with Gasteiger partial charge in [0.2, 0.25) is 17.1 Å². The molecule has 2 aromatic rings. The molecule has 4 rings (SSSR count). The molecule has 2 aromatic carbocycles. The van der Waals surface area contributed by atoms with E-state index in [1.807, 2.05) is 0 Å². The van der Waals surface area contributed by atoms with Gasteiger partial charge in [-0.15, -0.1) is 0 Å². The maximum atomic E-state index is 10.5. The molecule has 2 heterocycles. The number of nitrogens with zero attached hydrogens (tertiary/aromatic N) is 3. The molecule has 0 aliphatic carbocycles. The molecule has 4 unspecified atom stereocenters. The maximum absolute atomic E-state index is 10.5. The van der Waals surface area contributed by atoms with Crippen LogP contribution in [-0.4, -0.2) is 18.8 Å². The highest BCUT2D eigenvalue weighted by Crippen LogP contribution is 2.69. The average molecular weight is 477 g/mol. The Morgan fingerprint density at radius 3 is 2.23 bits per heavy atom. The van der Waals surface area contributed by atoms with E-state index >= 15 is 0 Å². The third kappa shape index (κ3) is 2.55. The van der Waals surface area contributed by atoms with Gasteiger partial charge in [-0.05, 0) is 29.3 Å². The van der Waals surface area contributed by atoms with Crippen LogP contribution in [0.4, 0.5) is 0 Å². The first kappa shape index (κ1) is 20.9. The van der Waals surface area contributed by atoms with Gasteiger partial charge in [0, 0.05) is 11.4 Å². The Morgan fingerprint density at radius 2 is 1.68 bits per heavy atom. The van der Waals surface area contributed by atoms with Gasteiger partial charge in [0.15, 0.2) is 5.41 Å². The van der Waals surface area contributed by atoms with Crippen molar-refractivity contribution in [3.8, 4) is 24.0 Å². The van der Waals surface area contributed by atoms with E-state index in [9.17, 15) is 15.8 Å². The second kappa shape index (κ2) is 7.10. The summed E-state index contributed by atoms with van der Waals surface area (Å²) in [5.41, 5.74) is -2.79. The number of fused-ring (bicyclic) bond motifs is 2. The molecule has 2 saturated heterocycles. The summed E-state index contributed by atoms with van der Waals surface area (Å²) in [6.07, 6.45) is -1.12. The predicted octanol–water partition coefficient (Wildman–Crippen LogP) is 4.58. The summed E-state index contributed by atoms with van der Waals surface area (Å²) in [5, 5.41) is 39.7. The summed E-state index contributed by atoms with van der Waals surface area (Å²) in [6.45, 7) is 1.64. The van der Waals surface area contributed by atoms with Gasteiger partial charge in [0.05, 0.1) is 31.2 Å². The molecule has 1 N–H and O–H groups in total. The standard InChI is InChI=1S/C23H17BrN4O3/c1-21-18(14-7-9-15(29-2)10-8-14)23(13-27,20(28)31-21)22(11-25,12-26)19(30-21)16-5-3-4-6-17(16)24/h3-10,18-19,28H,1-2H3. The fraction of sp³-hybridized carbons (Fsp3) is 0.304. The van der Waals surface area contributed by atoms with Gasteiger partial charge in [0.1, 0.15) is 11.9 Å². The number of methoxy groups -OCH3 is 1. The SMILES string of the molecule is COc1ccc(C2C3(C)OC(=N)C2(C#N)C(C#N)(C#N)C(c2ccccc2Br)O3)cc1. The molecule has 8 heteroatoms. The van der Waals surface area contributed by atoms with E-state index in [1.54, 1.807) is 55.5 Å². The lowest BCUT2D eigenvalue weighted by Gasteiger charge is -2.49. The first-order valence-corrected chi connectivity index (χ1v) is 10.2. The van der Waals surface area contributed by atoms with Crippen molar-refractivity contribution in [3.05, 3.63) is 64.1 Å². The molecule has 4 atom stereocenters. The Balaban J connectivity index is 2.02. The number of nitrogens with one attached hydrogen (secondary N) is 1. The molecule has 154 valence electrons. The number of hydrogen-bond acceptors (Lipinski definition) is 7. The van der Waals surface area contributed by atoms with E-state index in [2.05, 4.69) is 34.1 Å². The van der Waals surface area contributed by atoms with Crippen LogP contribution in [0.3, 0.4) is 0 Å². The summed E-state index contributed by atoms with van der Waals surface area (Å²) < 4.78 is 18.0. The van der Waals surface area contributed by atoms with Crippen LogP contribution in [-0.2, 0) is 9.47 Å². The minimum Gasteiger partial charge on any atom is -0.497 e. The van der Waals surface area contributed by atoms with E-state index in [0.717, 1.165) is 0 Å². The van der Waals surface area contributed by atoms with Crippen LogP contribution in [0.5, 0.6) is 5.75 Å². The van der Waals surface area contributed by atoms with E-state index in [0.29, 0.717) is 21.3 Å². The molecule has 2 aliphatic heterocycles. The van der Waals surface area contributed by atoms with Crippen molar-refractivity contribution >= 4 is 21.8 Å². The molecule has 2 fully saturated rings. The van der Waals surface area contributed by atoms with Gasteiger partial charge in [-0.1, -0.05) is 46.3 Å². The minimum atomic E-state index is -2.04. The minimum absolute atomic E-state index is 0.448. The second-order valence-electron chi connectivity index (χ2n) is 7.62. The lowest BCUT2D eigenvalue weighted by molar-refractivity contribution is -0.253. The first-order chi connectivity index (χ1) is 14.8. The van der Waals surface area contributed by atoms with E-state index in [1.165, 1.54) is 7.11 Å². The Hall–Kier alpha value is -3.38. The normalized spacial score (nSPS) is 30.4. The average Bonchev–Trinajstić information content (AvgIpc) is 2.97. The van der Waals surface area contributed by atoms with Crippen LogP contribution in [0.1, 0.15) is 30.1 Å². The molecule has 31 heavy (non-hydrogen) atoms. The third-order valence-corrected chi connectivity index (χ3v) is 6.88. The van der Waals surface area contributed by atoms with Crippen LogP contribution in [0, 0.1) is 50.2 Å². The molecular weight excluding hydrogens is 460 g/mol. The van der Waals surface area contributed by atoms with Crippen LogP contribution < -0.4 is 4.74 Å². The molecule has 0 amide bonds. The lowest BCUT2D eigenvalue weighted by Crippen LogP contribution is -2.57. The topological polar surface area (TPSA) is 123 Å². The second-order valence-corrected chi connectivity index (χ2v) is 8.48. The molecule has 0 saturated carbocycles. The van der Waals surface area contributed by atoms with Crippen molar-refractivity contribution in [3.63, 3.8) is 0 Å². The smallest absolute Gasteiger partial charge is 0.218 e. The van der Waals surface area contributed by atoms with Gasteiger partial charge in [0.25, 0.3) is 0 Å². The molecule has 0 aromatic heterocycles. The Labute approximate surface area is 188 Å². The number of nitriles is 3. The zero-order valence-electron chi connectivity index (χ0n) is 16.7. The number of hydrogen-bond donors (Lipinski definition) is 1. The highest BCUT2D eigenvalue weighted by atomic mass is 79.9. The van der Waals surface area contributed by atoms with Gasteiger partial charge in [-0.2, -0.15) is 15.8 Å². The van der Waals surface area contributed by atoms with Crippen molar-refractivity contribution in [1.29, 1.82) is 21.2 Å². The number of rotatable bonds is 3. The predicted molar refractivity (Wildman–Crippen MR) is 113 cm³/mol. The van der Waals surface area contributed by atoms with Crippen molar-refractivity contribution in [1.82, 2.24) is 0 Å². The number of halogens is 1. The molecule has 0 spiro atoms. The lowest BCUT2D eigenvalue weighted by atomic mass is 9.52. The van der Waals surface area contributed by atoms with E-state index < -0.39 is 34.5 Å². The summed E-state index contributed by atoms with van der Waals surface area (Å²) in [6, 6.07) is 20.2. The Bertz CT molecular complexity index is 1180. The third-order valence-electron chi connectivity index (χ3n) is 6.15. The highest BCUT2D eigenvalue weighted by Gasteiger charge is 2.79. The molecule has 2 bridgehead atoms. The monoisotopic (exact) mass is 476 g/mol. The summed E-state index contributed by atoms with van der Waals surface area (Å²) in [4.78, 5) is 0. The highest BCUT2D eigenvalue weighted by molar-refractivity contribution is 9.10. The van der Waals surface area contributed by atoms with E-state index in [4.69, 9.17) is 19.6 Å². The molecule has 2 aliphatic rings. The van der Waals surface area contributed by atoms with Crippen LogP contribution in [0.25, 0.3) is 0 Å². The van der Waals surface area contributed by atoms with Gasteiger partial charge in [-0.3, -0.25) is 5.41 Å². The first-order valence-electron chi connectivity index (χ1n) is 9.41. The Morgan fingerprint density at radius 1 is 1.03 bits per heavy atom. The van der Waals surface area contributed by atoms with Crippen molar-refractivity contribution in [2.45, 2.75) is 24.7 Å². The van der Waals surface area contributed by atoms with Gasteiger partial charge in [-0.25, -0.2) is 0 Å². The zero-order chi connectivity index (χ0) is 22.4. The van der Waals surface area contributed by atoms with Gasteiger partial charge < -0.3 is 14.2 Å². The van der Waals surface area contributed by atoms with Crippen molar-refractivity contribution in [2.75, 3.05) is 7.11 Å². The summed E-state index contributed by atoms with van der Waals surface area (Å²) >= 11 is 3.46. The zero-order valence-corrected chi connectivity index (χ0v) is 18.3. The maximum Gasteiger partial charge on any atom is 0.218 e.